The minimum Gasteiger partial charge on any atom is -0.396 e. The van der Waals surface area contributed by atoms with E-state index in [0.29, 0.717) is 6.54 Å². The van der Waals surface area contributed by atoms with Crippen molar-refractivity contribution in [1.29, 1.82) is 0 Å². The summed E-state index contributed by atoms with van der Waals surface area (Å²) in [5.41, 5.74) is 2.39. The van der Waals surface area contributed by atoms with E-state index < -0.39 is 0 Å². The molecule has 27 heavy (non-hydrogen) atoms. The highest BCUT2D eigenvalue weighted by Crippen LogP contribution is 2.38. The molecule has 1 saturated carbocycles. The molecule has 0 spiro atoms. The molecular weight excluding hydrogens is 336 g/mol. The van der Waals surface area contributed by atoms with Crippen LogP contribution in [0, 0.1) is 5.41 Å². The molecule has 1 aromatic heterocycles. The molecule has 5 nitrogen and oxygen atoms in total. The van der Waals surface area contributed by atoms with E-state index in [9.17, 15) is 5.11 Å². The lowest BCUT2D eigenvalue weighted by Gasteiger charge is -2.37. The van der Waals surface area contributed by atoms with Crippen LogP contribution in [0.4, 0.5) is 0 Å². The first-order chi connectivity index (χ1) is 13.3. The monoisotopic (exact) mass is 368 g/mol. The maximum Gasteiger partial charge on any atom is 0.191 e. The second kappa shape index (κ2) is 9.70. The summed E-state index contributed by atoms with van der Waals surface area (Å²) >= 11 is 0. The Morgan fingerprint density at radius 2 is 1.96 bits per heavy atom. The van der Waals surface area contributed by atoms with Gasteiger partial charge in [0.05, 0.1) is 12.1 Å². The largest absolute Gasteiger partial charge is 0.396 e. The topological polar surface area (TPSA) is 69.5 Å². The van der Waals surface area contributed by atoms with Crippen LogP contribution in [0.3, 0.4) is 0 Å². The molecule has 5 heteroatoms. The van der Waals surface area contributed by atoms with Crippen LogP contribution in [0.1, 0.15) is 51.0 Å². The smallest absolute Gasteiger partial charge is 0.191 e. The predicted molar refractivity (Wildman–Crippen MR) is 112 cm³/mol. The number of para-hydroxylation sites is 1. The summed E-state index contributed by atoms with van der Waals surface area (Å²) in [6.45, 7) is 4.67. The molecule has 0 saturated heterocycles. The van der Waals surface area contributed by atoms with Crippen molar-refractivity contribution in [3.05, 3.63) is 42.1 Å². The summed E-state index contributed by atoms with van der Waals surface area (Å²) < 4.78 is 0. The molecule has 0 amide bonds. The van der Waals surface area contributed by atoms with Crippen molar-refractivity contribution >= 4 is 16.9 Å². The van der Waals surface area contributed by atoms with Crippen molar-refractivity contribution in [2.24, 2.45) is 10.4 Å². The summed E-state index contributed by atoms with van der Waals surface area (Å²) in [7, 11) is 0. The van der Waals surface area contributed by atoms with Gasteiger partial charge in [-0.3, -0.25) is 4.98 Å². The number of hydrogen-bond donors (Lipinski definition) is 3. The standard InChI is InChI=1S/C22H32N4O/c1-2-23-21(26-17-22(13-15-27)11-6-3-7-12-22)25-16-18-10-14-24-20-9-5-4-8-19(18)20/h4-5,8-10,14,27H,2-3,6-7,11-13,15-17H2,1H3,(H2,23,25,26). The minimum absolute atomic E-state index is 0.201. The van der Waals surface area contributed by atoms with Gasteiger partial charge in [-0.15, -0.1) is 0 Å². The van der Waals surface area contributed by atoms with Gasteiger partial charge in [-0.05, 0) is 49.3 Å². The van der Waals surface area contributed by atoms with E-state index in [0.717, 1.165) is 36.4 Å². The lowest BCUT2D eigenvalue weighted by Crippen LogP contribution is -2.44. The molecule has 1 aliphatic rings. The predicted octanol–water partition coefficient (Wildman–Crippen LogP) is 3.62. The van der Waals surface area contributed by atoms with Crippen LogP contribution in [0.5, 0.6) is 0 Å². The third kappa shape index (κ3) is 5.19. The number of guanidine groups is 1. The lowest BCUT2D eigenvalue weighted by atomic mass is 9.72. The van der Waals surface area contributed by atoms with E-state index in [1.54, 1.807) is 0 Å². The summed E-state index contributed by atoms with van der Waals surface area (Å²) in [6.07, 6.45) is 8.94. The second-order valence-electron chi connectivity index (χ2n) is 7.57. The second-order valence-corrected chi connectivity index (χ2v) is 7.57. The number of aliphatic hydroxyl groups excluding tert-OH is 1. The zero-order chi connectivity index (χ0) is 19.0. The SMILES string of the molecule is CCNC(=NCc1ccnc2ccccc12)NCC1(CCO)CCCCC1. The molecule has 146 valence electrons. The Bertz CT molecular complexity index is 742. The molecule has 3 N–H and O–H groups in total. The maximum atomic E-state index is 9.53. The van der Waals surface area contributed by atoms with E-state index in [1.807, 2.05) is 30.5 Å². The van der Waals surface area contributed by atoms with Gasteiger partial charge in [-0.1, -0.05) is 37.5 Å². The van der Waals surface area contributed by atoms with Gasteiger partial charge in [0, 0.05) is 31.3 Å². The fourth-order valence-corrected chi connectivity index (χ4v) is 4.12. The fourth-order valence-electron chi connectivity index (χ4n) is 4.12. The van der Waals surface area contributed by atoms with E-state index >= 15 is 0 Å². The van der Waals surface area contributed by atoms with E-state index in [4.69, 9.17) is 4.99 Å². The fraction of sp³-hybridized carbons (Fsp3) is 0.545. The number of aliphatic imine (C=N–C) groups is 1. The van der Waals surface area contributed by atoms with Gasteiger partial charge in [0.2, 0.25) is 0 Å². The van der Waals surface area contributed by atoms with Crippen LogP contribution >= 0.6 is 0 Å². The van der Waals surface area contributed by atoms with Gasteiger partial charge >= 0.3 is 0 Å². The Hall–Kier alpha value is -2.14. The zero-order valence-corrected chi connectivity index (χ0v) is 16.4. The molecule has 1 aliphatic carbocycles. The summed E-state index contributed by atoms with van der Waals surface area (Å²) in [6, 6.07) is 10.2. The number of aromatic nitrogens is 1. The molecule has 0 aliphatic heterocycles. The molecule has 1 fully saturated rings. The quantitative estimate of drug-likeness (QED) is 0.516. The van der Waals surface area contributed by atoms with Crippen LogP contribution < -0.4 is 10.6 Å². The third-order valence-electron chi connectivity index (χ3n) is 5.68. The maximum absolute atomic E-state index is 9.53. The number of rotatable bonds is 7. The number of hydrogen-bond acceptors (Lipinski definition) is 3. The van der Waals surface area contributed by atoms with Gasteiger partial charge in [0.25, 0.3) is 0 Å². The molecule has 2 aromatic rings. The summed E-state index contributed by atoms with van der Waals surface area (Å²) in [5, 5.41) is 17.6. The van der Waals surface area contributed by atoms with Gasteiger partial charge in [0.1, 0.15) is 0 Å². The summed E-state index contributed by atoms with van der Waals surface area (Å²) in [4.78, 5) is 9.24. The molecule has 1 aromatic carbocycles. The Labute approximate surface area is 162 Å². The molecular formula is C22H32N4O. The van der Waals surface area contributed by atoms with Crippen LogP contribution in [0.2, 0.25) is 0 Å². The minimum atomic E-state index is 0.201. The first kappa shape index (κ1) is 19.6. The van der Waals surface area contributed by atoms with Crippen LogP contribution in [-0.4, -0.2) is 35.7 Å². The van der Waals surface area contributed by atoms with Crippen molar-refractivity contribution in [3.63, 3.8) is 0 Å². The van der Waals surface area contributed by atoms with E-state index in [1.165, 1.54) is 37.7 Å². The first-order valence-corrected chi connectivity index (χ1v) is 10.2. The molecule has 0 bridgehead atoms. The average molecular weight is 369 g/mol. The normalized spacial score (nSPS) is 17.0. The van der Waals surface area contributed by atoms with Crippen molar-refractivity contribution in [2.45, 2.75) is 52.0 Å². The van der Waals surface area contributed by atoms with Crippen LogP contribution in [0.25, 0.3) is 10.9 Å². The van der Waals surface area contributed by atoms with Gasteiger partial charge in [-0.25, -0.2) is 4.99 Å². The van der Waals surface area contributed by atoms with Crippen molar-refractivity contribution in [2.75, 3.05) is 19.7 Å². The van der Waals surface area contributed by atoms with Crippen molar-refractivity contribution < 1.29 is 5.11 Å². The van der Waals surface area contributed by atoms with Crippen molar-refractivity contribution in [3.8, 4) is 0 Å². The molecule has 1 heterocycles. The highest BCUT2D eigenvalue weighted by atomic mass is 16.3. The Kier molecular flexibility index (Phi) is 7.04. The first-order valence-electron chi connectivity index (χ1n) is 10.2. The van der Waals surface area contributed by atoms with Gasteiger partial charge in [0.15, 0.2) is 5.96 Å². The molecule has 0 unspecified atom stereocenters. The van der Waals surface area contributed by atoms with Gasteiger partial charge < -0.3 is 15.7 Å². The zero-order valence-electron chi connectivity index (χ0n) is 16.4. The van der Waals surface area contributed by atoms with E-state index in [-0.39, 0.29) is 12.0 Å². The third-order valence-corrected chi connectivity index (χ3v) is 5.68. The number of fused-ring (bicyclic) bond motifs is 1. The Morgan fingerprint density at radius 3 is 2.74 bits per heavy atom. The lowest BCUT2D eigenvalue weighted by molar-refractivity contribution is 0.131. The van der Waals surface area contributed by atoms with E-state index in [2.05, 4.69) is 28.6 Å². The highest BCUT2D eigenvalue weighted by molar-refractivity contribution is 5.83. The molecule has 3 rings (SSSR count). The Morgan fingerprint density at radius 1 is 1.15 bits per heavy atom. The summed E-state index contributed by atoms with van der Waals surface area (Å²) in [5.74, 6) is 0.848. The molecule has 0 atom stereocenters. The number of nitrogens with zero attached hydrogens (tertiary/aromatic N) is 2. The number of nitrogens with one attached hydrogen (secondary N) is 2. The van der Waals surface area contributed by atoms with Crippen LogP contribution in [0.15, 0.2) is 41.5 Å². The van der Waals surface area contributed by atoms with Crippen LogP contribution in [-0.2, 0) is 6.54 Å². The number of aliphatic hydroxyl groups is 1. The van der Waals surface area contributed by atoms with Crippen molar-refractivity contribution in [1.82, 2.24) is 15.6 Å². The average Bonchev–Trinajstić information content (AvgIpc) is 2.71. The Balaban J connectivity index is 1.70. The number of pyridine rings is 1. The highest BCUT2D eigenvalue weighted by Gasteiger charge is 2.31. The number of benzene rings is 1. The molecule has 0 radical (unpaired) electrons. The van der Waals surface area contributed by atoms with Gasteiger partial charge in [-0.2, -0.15) is 0 Å².